The summed E-state index contributed by atoms with van der Waals surface area (Å²) in [5, 5.41) is 3.92. The smallest absolute Gasteiger partial charge is 0.258 e. The molecule has 0 aliphatic rings. The molecule has 2 amide bonds. The molecule has 0 spiro atoms. The third-order valence-corrected chi connectivity index (χ3v) is 10.3. The number of aromatic nitrogens is 2. The van der Waals surface area contributed by atoms with Crippen LogP contribution in [0.4, 0.5) is 0 Å². The molecule has 0 fully saturated rings. The zero-order valence-corrected chi connectivity index (χ0v) is 18.7. The molecule has 0 aromatic carbocycles. The van der Waals surface area contributed by atoms with Gasteiger partial charge in [0, 0.05) is 10.8 Å². The summed E-state index contributed by atoms with van der Waals surface area (Å²) in [6.07, 6.45) is 0. The molecule has 0 saturated heterocycles. The average molecular weight is 483 g/mol. The van der Waals surface area contributed by atoms with Gasteiger partial charge in [0.2, 0.25) is 0 Å². The van der Waals surface area contributed by atoms with Gasteiger partial charge in [0.05, 0.1) is 30.9 Å². The fourth-order valence-corrected chi connectivity index (χ4v) is 7.97. The molecule has 0 unspecified atom stereocenters. The van der Waals surface area contributed by atoms with Crippen LogP contribution in [0.1, 0.15) is 19.3 Å². The third kappa shape index (κ3) is 4.31. The topological polar surface area (TPSA) is 112 Å². The number of amides is 2. The van der Waals surface area contributed by atoms with E-state index in [9.17, 15) is 9.59 Å². The van der Waals surface area contributed by atoms with E-state index in [4.69, 9.17) is 11.5 Å². The van der Waals surface area contributed by atoms with Crippen molar-refractivity contribution in [2.45, 2.75) is 8.68 Å². The van der Waals surface area contributed by atoms with Crippen LogP contribution >= 0.6 is 66.9 Å². The highest BCUT2D eigenvalue weighted by atomic mass is 33.1. The molecule has 6 nitrogen and oxygen atoms in total. The van der Waals surface area contributed by atoms with Crippen molar-refractivity contribution >= 4 is 78.7 Å². The van der Waals surface area contributed by atoms with Gasteiger partial charge in [-0.05, 0) is 45.9 Å². The molecule has 0 aliphatic carbocycles. The Balaban J connectivity index is 1.41. The lowest BCUT2D eigenvalue weighted by molar-refractivity contribution is 0.0995. The molecule has 0 atom stereocenters. The Morgan fingerprint density at radius 3 is 1.54 bits per heavy atom. The first-order valence-corrected chi connectivity index (χ1v) is 13.1. The van der Waals surface area contributed by atoms with Crippen LogP contribution in [0.15, 0.2) is 43.7 Å². The Labute approximate surface area is 183 Å². The Morgan fingerprint density at radius 1 is 0.750 bits per heavy atom. The maximum absolute atomic E-state index is 11.2. The molecule has 4 heterocycles. The van der Waals surface area contributed by atoms with E-state index >= 15 is 0 Å². The van der Waals surface area contributed by atoms with Crippen molar-refractivity contribution in [1.29, 1.82) is 0 Å². The number of nitrogens with two attached hydrogens (primary N) is 2. The Kier molecular flexibility index (Phi) is 5.85. The Morgan fingerprint density at radius 2 is 1.18 bits per heavy atom. The lowest BCUT2D eigenvalue weighted by Crippen LogP contribution is -2.07. The number of hydrogen-bond acceptors (Lipinski definition) is 10. The standard InChI is InChI=1S/C16H10N4O2S6/c17-13(21)11-3-1-9(25-11)7-5-23-15(19-7)27-28-16-20-8(6-24-16)10-2-4-12(26-10)14(18)22/h1-6H,(H2,17,21)(H2,18,22). The third-order valence-electron chi connectivity index (χ3n) is 3.35. The van der Waals surface area contributed by atoms with Crippen molar-refractivity contribution < 1.29 is 9.59 Å². The summed E-state index contributed by atoms with van der Waals surface area (Å²) in [6.45, 7) is 0. The zero-order chi connectivity index (χ0) is 19.7. The van der Waals surface area contributed by atoms with Crippen LogP contribution in [0.25, 0.3) is 21.1 Å². The molecule has 4 aromatic heterocycles. The zero-order valence-electron chi connectivity index (χ0n) is 13.8. The van der Waals surface area contributed by atoms with Crippen molar-refractivity contribution in [2.24, 2.45) is 11.5 Å². The molecule has 4 rings (SSSR count). The number of hydrogen-bond donors (Lipinski definition) is 2. The van der Waals surface area contributed by atoms with E-state index in [1.54, 1.807) is 34.8 Å². The molecule has 28 heavy (non-hydrogen) atoms. The summed E-state index contributed by atoms with van der Waals surface area (Å²) in [5.74, 6) is -0.852. The second kappa shape index (κ2) is 8.35. The van der Waals surface area contributed by atoms with Crippen LogP contribution in [-0.2, 0) is 0 Å². The van der Waals surface area contributed by atoms with E-state index in [2.05, 4.69) is 9.97 Å². The minimum absolute atomic E-state index is 0.426. The number of primary amides is 2. The van der Waals surface area contributed by atoms with Gasteiger partial charge in [0.15, 0.2) is 8.68 Å². The van der Waals surface area contributed by atoms with Crippen LogP contribution in [0.5, 0.6) is 0 Å². The SMILES string of the molecule is NC(=O)c1ccc(-c2csc(SSc3nc(-c4ccc(C(N)=O)s4)cs3)n2)s1. The molecule has 0 bridgehead atoms. The second-order valence-corrected chi connectivity index (χ2v) is 11.7. The highest BCUT2D eigenvalue weighted by Gasteiger charge is 2.13. The van der Waals surface area contributed by atoms with Crippen LogP contribution in [0.2, 0.25) is 0 Å². The van der Waals surface area contributed by atoms with Gasteiger partial charge in [-0.3, -0.25) is 9.59 Å². The molecular weight excluding hydrogens is 473 g/mol. The van der Waals surface area contributed by atoms with Gasteiger partial charge in [-0.25, -0.2) is 9.97 Å². The predicted octanol–water partition coefficient (Wildman–Crippen LogP) is 5.05. The maximum Gasteiger partial charge on any atom is 0.258 e. The molecule has 0 aliphatic heterocycles. The van der Waals surface area contributed by atoms with Crippen LogP contribution in [0, 0.1) is 0 Å². The lowest BCUT2D eigenvalue weighted by atomic mass is 10.3. The van der Waals surface area contributed by atoms with Gasteiger partial charge in [0.25, 0.3) is 11.8 Å². The van der Waals surface area contributed by atoms with Crippen LogP contribution in [-0.4, -0.2) is 21.8 Å². The fraction of sp³-hybridized carbons (Fsp3) is 0. The summed E-state index contributed by atoms with van der Waals surface area (Å²) in [4.78, 5) is 34.5. The summed E-state index contributed by atoms with van der Waals surface area (Å²) in [5.41, 5.74) is 12.3. The van der Waals surface area contributed by atoms with E-state index in [0.717, 1.165) is 29.8 Å². The summed E-state index contributed by atoms with van der Waals surface area (Å²) >= 11 is 5.76. The van der Waals surface area contributed by atoms with Crippen LogP contribution < -0.4 is 11.5 Å². The van der Waals surface area contributed by atoms with Crippen LogP contribution in [0.3, 0.4) is 0 Å². The van der Waals surface area contributed by atoms with Gasteiger partial charge in [-0.1, -0.05) is 0 Å². The summed E-state index contributed by atoms with van der Waals surface area (Å²) < 4.78 is 1.80. The first-order chi connectivity index (χ1) is 13.5. The number of thiophene rings is 2. The number of rotatable bonds is 7. The maximum atomic E-state index is 11.2. The number of carbonyl (C=O) groups is 2. The van der Waals surface area contributed by atoms with E-state index < -0.39 is 11.8 Å². The molecule has 0 saturated carbocycles. The van der Waals surface area contributed by atoms with Gasteiger partial charge in [-0.2, -0.15) is 0 Å². The van der Waals surface area contributed by atoms with Gasteiger partial charge < -0.3 is 11.5 Å². The monoisotopic (exact) mass is 482 g/mol. The molecule has 12 heteroatoms. The van der Waals surface area contributed by atoms with Crippen molar-refractivity contribution in [2.75, 3.05) is 0 Å². The fourth-order valence-electron chi connectivity index (χ4n) is 2.10. The van der Waals surface area contributed by atoms with Crippen molar-refractivity contribution in [1.82, 2.24) is 9.97 Å². The molecular formula is C16H10N4O2S6. The summed E-state index contributed by atoms with van der Waals surface area (Å²) in [7, 11) is 3.07. The van der Waals surface area contributed by atoms with Crippen molar-refractivity contribution in [3.63, 3.8) is 0 Å². The van der Waals surface area contributed by atoms with Gasteiger partial charge in [-0.15, -0.1) is 45.3 Å². The highest BCUT2D eigenvalue weighted by molar-refractivity contribution is 8.77. The molecule has 4 N–H and O–H groups in total. The normalized spacial score (nSPS) is 11.0. The van der Waals surface area contributed by atoms with E-state index in [1.165, 1.54) is 44.3 Å². The largest absolute Gasteiger partial charge is 0.365 e. The molecule has 0 radical (unpaired) electrons. The Hall–Kier alpha value is -1.70. The number of carbonyl (C=O) groups excluding carboxylic acids is 2. The van der Waals surface area contributed by atoms with Crippen molar-refractivity contribution in [3.05, 3.63) is 44.8 Å². The van der Waals surface area contributed by atoms with E-state index in [1.807, 2.05) is 22.9 Å². The minimum atomic E-state index is -0.426. The second-order valence-electron chi connectivity index (χ2n) is 5.22. The number of nitrogens with zero attached hydrogens (tertiary/aromatic N) is 2. The number of thiazole rings is 2. The summed E-state index contributed by atoms with van der Waals surface area (Å²) in [6, 6.07) is 7.15. The molecule has 142 valence electrons. The predicted molar refractivity (Wildman–Crippen MR) is 120 cm³/mol. The highest BCUT2D eigenvalue weighted by Crippen LogP contribution is 2.43. The minimum Gasteiger partial charge on any atom is -0.365 e. The quantitative estimate of drug-likeness (QED) is 0.356. The van der Waals surface area contributed by atoms with Gasteiger partial charge in [0.1, 0.15) is 0 Å². The first-order valence-electron chi connectivity index (χ1n) is 7.55. The van der Waals surface area contributed by atoms with Crippen molar-refractivity contribution in [3.8, 4) is 21.1 Å². The average Bonchev–Trinajstić information content (AvgIpc) is 3.46. The lowest BCUT2D eigenvalue weighted by Gasteiger charge is -1.93. The first kappa shape index (κ1) is 19.6. The molecule has 4 aromatic rings. The van der Waals surface area contributed by atoms with E-state index in [0.29, 0.717) is 9.75 Å². The Bertz CT molecular complexity index is 1070. The van der Waals surface area contributed by atoms with Gasteiger partial charge >= 0.3 is 0 Å². The van der Waals surface area contributed by atoms with E-state index in [-0.39, 0.29) is 0 Å².